The van der Waals surface area contributed by atoms with E-state index in [9.17, 15) is 9.00 Å². The predicted octanol–water partition coefficient (Wildman–Crippen LogP) is 2.97. The third-order valence-corrected chi connectivity index (χ3v) is 4.32. The van der Waals surface area contributed by atoms with E-state index in [-0.39, 0.29) is 5.91 Å². The van der Waals surface area contributed by atoms with Crippen molar-refractivity contribution in [1.29, 1.82) is 0 Å². The molecule has 3 nitrogen and oxygen atoms in total. The highest BCUT2D eigenvalue weighted by Gasteiger charge is 2.07. The van der Waals surface area contributed by atoms with E-state index in [0.29, 0.717) is 12.1 Å². The van der Waals surface area contributed by atoms with Crippen molar-refractivity contribution in [2.24, 2.45) is 0 Å². The lowest BCUT2D eigenvalue weighted by atomic mass is 10.1. The van der Waals surface area contributed by atoms with Gasteiger partial charge in [0.05, 0.1) is 0 Å². The molecule has 0 aromatic heterocycles. The largest absolute Gasteiger partial charge is 0.348 e. The van der Waals surface area contributed by atoms with Gasteiger partial charge in [-0.15, -0.1) is 0 Å². The SMILES string of the molecule is Cc1ccc(CNC(=O)c2ccc(S(C)=O)cc2)c(C)c1. The third-order valence-electron chi connectivity index (χ3n) is 3.39. The lowest BCUT2D eigenvalue weighted by molar-refractivity contribution is 0.0951. The first kappa shape index (κ1) is 15.4. The molecule has 1 N–H and O–H groups in total. The van der Waals surface area contributed by atoms with E-state index in [4.69, 9.17) is 0 Å². The van der Waals surface area contributed by atoms with Gasteiger partial charge in [-0.3, -0.25) is 9.00 Å². The first-order valence-electron chi connectivity index (χ1n) is 6.75. The van der Waals surface area contributed by atoms with Crippen molar-refractivity contribution in [3.8, 4) is 0 Å². The molecule has 2 rings (SSSR count). The number of aryl methyl sites for hydroxylation is 2. The Kier molecular flexibility index (Phi) is 4.91. The summed E-state index contributed by atoms with van der Waals surface area (Å²) in [6, 6.07) is 13.0. The fourth-order valence-electron chi connectivity index (χ4n) is 2.12. The lowest BCUT2D eigenvalue weighted by Gasteiger charge is -2.09. The molecule has 0 spiro atoms. The second-order valence-corrected chi connectivity index (χ2v) is 6.47. The standard InChI is InChI=1S/C17H19NO2S/c1-12-4-5-15(13(2)10-12)11-18-17(19)14-6-8-16(9-7-14)21(3)20/h4-10H,11H2,1-3H3,(H,18,19). The van der Waals surface area contributed by atoms with Gasteiger partial charge in [0.1, 0.15) is 0 Å². The smallest absolute Gasteiger partial charge is 0.251 e. The van der Waals surface area contributed by atoms with Crippen molar-refractivity contribution in [3.05, 3.63) is 64.7 Å². The molecule has 0 heterocycles. The second-order valence-electron chi connectivity index (χ2n) is 5.09. The van der Waals surface area contributed by atoms with Crippen LogP contribution in [0.5, 0.6) is 0 Å². The Hall–Kier alpha value is -1.94. The summed E-state index contributed by atoms with van der Waals surface area (Å²) in [5, 5.41) is 2.91. The minimum atomic E-state index is -1.02. The molecule has 4 heteroatoms. The van der Waals surface area contributed by atoms with Gasteiger partial charge in [-0.25, -0.2) is 0 Å². The van der Waals surface area contributed by atoms with E-state index in [1.165, 1.54) is 11.1 Å². The van der Waals surface area contributed by atoms with Crippen LogP contribution in [0, 0.1) is 13.8 Å². The van der Waals surface area contributed by atoms with Crippen molar-refractivity contribution in [1.82, 2.24) is 5.32 Å². The van der Waals surface area contributed by atoms with Crippen LogP contribution in [0.3, 0.4) is 0 Å². The molecule has 0 saturated carbocycles. The summed E-state index contributed by atoms with van der Waals surface area (Å²) < 4.78 is 11.3. The molecule has 1 unspecified atom stereocenters. The molecule has 0 fully saturated rings. The van der Waals surface area contributed by atoms with Crippen LogP contribution in [-0.2, 0) is 17.3 Å². The fourth-order valence-corrected chi connectivity index (χ4v) is 2.64. The summed E-state index contributed by atoms with van der Waals surface area (Å²) in [5.41, 5.74) is 4.08. The minimum absolute atomic E-state index is 0.122. The van der Waals surface area contributed by atoms with E-state index < -0.39 is 10.8 Å². The number of hydrogen-bond acceptors (Lipinski definition) is 2. The maximum Gasteiger partial charge on any atom is 0.251 e. The zero-order chi connectivity index (χ0) is 15.4. The summed E-state index contributed by atoms with van der Waals surface area (Å²) in [4.78, 5) is 12.8. The normalized spacial score (nSPS) is 12.0. The molecule has 2 aromatic rings. The number of carbonyl (C=O) groups is 1. The Balaban J connectivity index is 2.02. The Morgan fingerprint density at radius 2 is 1.76 bits per heavy atom. The van der Waals surface area contributed by atoms with Crippen molar-refractivity contribution in [3.63, 3.8) is 0 Å². The summed E-state index contributed by atoms with van der Waals surface area (Å²) in [6.07, 6.45) is 1.62. The Bertz CT molecular complexity index is 678. The quantitative estimate of drug-likeness (QED) is 0.943. The average molecular weight is 301 g/mol. The van der Waals surface area contributed by atoms with Gasteiger partial charge in [0.2, 0.25) is 0 Å². The zero-order valence-electron chi connectivity index (χ0n) is 12.5. The average Bonchev–Trinajstić information content (AvgIpc) is 2.46. The topological polar surface area (TPSA) is 46.2 Å². The summed E-state index contributed by atoms with van der Waals surface area (Å²) in [6.45, 7) is 4.60. The van der Waals surface area contributed by atoms with Crippen LogP contribution < -0.4 is 5.32 Å². The molecule has 0 aliphatic carbocycles. The highest BCUT2D eigenvalue weighted by molar-refractivity contribution is 7.84. The first-order chi connectivity index (χ1) is 9.97. The first-order valence-corrected chi connectivity index (χ1v) is 8.31. The summed E-state index contributed by atoms with van der Waals surface area (Å²) in [7, 11) is -1.02. The van der Waals surface area contributed by atoms with Gasteiger partial charge in [0.15, 0.2) is 0 Å². The van der Waals surface area contributed by atoms with E-state index >= 15 is 0 Å². The molecular formula is C17H19NO2S. The van der Waals surface area contributed by atoms with E-state index in [2.05, 4.69) is 18.3 Å². The van der Waals surface area contributed by atoms with E-state index in [1.54, 1.807) is 30.5 Å². The molecule has 2 aromatic carbocycles. The highest BCUT2D eigenvalue weighted by atomic mass is 32.2. The van der Waals surface area contributed by atoms with Crippen LogP contribution in [-0.4, -0.2) is 16.4 Å². The van der Waals surface area contributed by atoms with Gasteiger partial charge in [0.25, 0.3) is 5.91 Å². The number of rotatable bonds is 4. The number of hydrogen-bond donors (Lipinski definition) is 1. The minimum Gasteiger partial charge on any atom is -0.348 e. The van der Waals surface area contributed by atoms with Crippen molar-refractivity contribution in [2.75, 3.05) is 6.26 Å². The van der Waals surface area contributed by atoms with Crippen LogP contribution in [0.15, 0.2) is 47.4 Å². The van der Waals surface area contributed by atoms with Gasteiger partial charge in [-0.05, 0) is 49.2 Å². The molecule has 0 radical (unpaired) electrons. The monoisotopic (exact) mass is 301 g/mol. The molecule has 0 aliphatic heterocycles. The molecule has 1 atom stereocenters. The summed E-state index contributed by atoms with van der Waals surface area (Å²) in [5.74, 6) is -0.122. The Morgan fingerprint density at radius 1 is 1.10 bits per heavy atom. The molecule has 110 valence electrons. The Labute approximate surface area is 127 Å². The van der Waals surface area contributed by atoms with E-state index in [1.807, 2.05) is 19.1 Å². The third kappa shape index (κ3) is 4.02. The van der Waals surface area contributed by atoms with Crippen LogP contribution in [0.25, 0.3) is 0 Å². The van der Waals surface area contributed by atoms with Gasteiger partial charge in [-0.2, -0.15) is 0 Å². The lowest BCUT2D eigenvalue weighted by Crippen LogP contribution is -2.23. The van der Waals surface area contributed by atoms with Gasteiger partial charge in [-0.1, -0.05) is 23.8 Å². The van der Waals surface area contributed by atoms with Crippen molar-refractivity contribution < 1.29 is 9.00 Å². The van der Waals surface area contributed by atoms with Crippen molar-refractivity contribution >= 4 is 16.7 Å². The van der Waals surface area contributed by atoms with Crippen LogP contribution in [0.4, 0.5) is 0 Å². The van der Waals surface area contributed by atoms with Crippen LogP contribution >= 0.6 is 0 Å². The molecule has 1 amide bonds. The van der Waals surface area contributed by atoms with Gasteiger partial charge in [0, 0.05) is 34.1 Å². The maximum atomic E-state index is 12.1. The van der Waals surface area contributed by atoms with Crippen molar-refractivity contribution in [2.45, 2.75) is 25.3 Å². The number of carbonyl (C=O) groups excluding carboxylic acids is 1. The molecule has 21 heavy (non-hydrogen) atoms. The van der Waals surface area contributed by atoms with E-state index in [0.717, 1.165) is 10.5 Å². The predicted molar refractivity (Wildman–Crippen MR) is 85.9 cm³/mol. The highest BCUT2D eigenvalue weighted by Crippen LogP contribution is 2.11. The molecule has 0 saturated heterocycles. The zero-order valence-corrected chi connectivity index (χ0v) is 13.3. The summed E-state index contributed by atoms with van der Waals surface area (Å²) >= 11 is 0. The molecular weight excluding hydrogens is 282 g/mol. The van der Waals surface area contributed by atoms with Crippen LogP contribution in [0.1, 0.15) is 27.0 Å². The Morgan fingerprint density at radius 3 is 2.33 bits per heavy atom. The fraction of sp³-hybridized carbons (Fsp3) is 0.235. The molecule has 0 aliphatic rings. The number of amides is 1. The number of benzene rings is 2. The molecule has 0 bridgehead atoms. The van der Waals surface area contributed by atoms with Gasteiger partial charge >= 0.3 is 0 Å². The van der Waals surface area contributed by atoms with Gasteiger partial charge < -0.3 is 5.32 Å². The number of nitrogens with one attached hydrogen (secondary N) is 1. The maximum absolute atomic E-state index is 12.1. The van der Waals surface area contributed by atoms with Crippen LogP contribution in [0.2, 0.25) is 0 Å². The second kappa shape index (κ2) is 6.68.